The Bertz CT molecular complexity index is 802. The summed E-state index contributed by atoms with van der Waals surface area (Å²) in [6.07, 6.45) is 3.56. The zero-order chi connectivity index (χ0) is 15.4. The second-order valence-electron chi connectivity index (χ2n) is 5.15. The summed E-state index contributed by atoms with van der Waals surface area (Å²) < 4.78 is 3.33. The minimum absolute atomic E-state index is 0.0117. The van der Waals surface area contributed by atoms with E-state index in [-0.39, 0.29) is 11.1 Å². The quantitative estimate of drug-likeness (QED) is 0.739. The van der Waals surface area contributed by atoms with Crippen LogP contribution in [0.15, 0.2) is 82.6 Å². The molecule has 0 aliphatic carbocycles. The number of aromatic nitrogens is 2. The summed E-state index contributed by atoms with van der Waals surface area (Å²) in [5, 5.41) is 0. The molecule has 1 aromatic carbocycles. The Morgan fingerprint density at radius 3 is 1.36 bits per heavy atom. The van der Waals surface area contributed by atoms with Crippen LogP contribution in [-0.4, -0.2) is 9.13 Å². The van der Waals surface area contributed by atoms with Gasteiger partial charge in [0.05, 0.1) is 13.1 Å². The maximum atomic E-state index is 11.7. The zero-order valence-electron chi connectivity index (χ0n) is 12.1. The fourth-order valence-corrected chi connectivity index (χ4v) is 2.33. The molecule has 4 heteroatoms. The van der Waals surface area contributed by atoms with Crippen molar-refractivity contribution in [1.29, 1.82) is 0 Å². The molecule has 2 heterocycles. The van der Waals surface area contributed by atoms with E-state index in [1.54, 1.807) is 45.8 Å². The third-order valence-corrected chi connectivity index (χ3v) is 3.53. The number of nitrogens with zero attached hydrogens (tertiary/aromatic N) is 2. The van der Waals surface area contributed by atoms with Crippen LogP contribution in [0, 0.1) is 0 Å². The topological polar surface area (TPSA) is 44.0 Å². The van der Waals surface area contributed by atoms with Crippen LogP contribution >= 0.6 is 0 Å². The highest BCUT2D eigenvalue weighted by Gasteiger charge is 2.00. The number of hydrogen-bond donors (Lipinski definition) is 0. The molecule has 2 aromatic heterocycles. The third kappa shape index (κ3) is 3.23. The van der Waals surface area contributed by atoms with Crippen LogP contribution in [-0.2, 0) is 13.1 Å². The lowest BCUT2D eigenvalue weighted by molar-refractivity contribution is 0.749. The Labute approximate surface area is 127 Å². The van der Waals surface area contributed by atoms with E-state index < -0.39 is 0 Å². The Hall–Kier alpha value is -2.88. The lowest BCUT2D eigenvalue weighted by atomic mass is 10.1. The van der Waals surface area contributed by atoms with Crippen LogP contribution < -0.4 is 11.1 Å². The van der Waals surface area contributed by atoms with Gasteiger partial charge in [-0.15, -0.1) is 0 Å². The van der Waals surface area contributed by atoms with Crippen molar-refractivity contribution in [2.24, 2.45) is 0 Å². The largest absolute Gasteiger partial charge is 0.311 e. The smallest absolute Gasteiger partial charge is 0.250 e. The van der Waals surface area contributed by atoms with Gasteiger partial charge in [0.2, 0.25) is 0 Å². The van der Waals surface area contributed by atoms with Crippen LogP contribution in [0.25, 0.3) is 0 Å². The second-order valence-corrected chi connectivity index (χ2v) is 5.15. The summed E-state index contributed by atoms with van der Waals surface area (Å²) in [5.41, 5.74) is 2.08. The van der Waals surface area contributed by atoms with Crippen LogP contribution in [0.4, 0.5) is 0 Å². The van der Waals surface area contributed by atoms with Gasteiger partial charge in [-0.25, -0.2) is 0 Å². The first-order valence-electron chi connectivity index (χ1n) is 7.11. The average Bonchev–Trinajstić information content (AvgIpc) is 2.54. The molecule has 0 aliphatic heterocycles. The van der Waals surface area contributed by atoms with Crippen molar-refractivity contribution < 1.29 is 0 Å². The van der Waals surface area contributed by atoms with E-state index >= 15 is 0 Å². The molecule has 0 aliphatic rings. The molecule has 0 saturated carbocycles. The molecular weight excluding hydrogens is 276 g/mol. The van der Waals surface area contributed by atoms with Gasteiger partial charge in [-0.3, -0.25) is 9.59 Å². The van der Waals surface area contributed by atoms with Gasteiger partial charge < -0.3 is 9.13 Å². The normalized spacial score (nSPS) is 10.5. The second kappa shape index (κ2) is 6.26. The first kappa shape index (κ1) is 14.1. The lowest BCUT2D eigenvalue weighted by Crippen LogP contribution is -2.19. The molecule has 0 bridgehead atoms. The molecule has 0 saturated heterocycles. The highest BCUT2D eigenvalue weighted by Crippen LogP contribution is 2.07. The first-order valence-corrected chi connectivity index (χ1v) is 7.11. The van der Waals surface area contributed by atoms with E-state index in [1.165, 1.54) is 0 Å². The molecule has 0 fully saturated rings. The Morgan fingerprint density at radius 1 is 0.591 bits per heavy atom. The van der Waals surface area contributed by atoms with E-state index in [1.807, 2.05) is 36.4 Å². The number of pyridine rings is 2. The van der Waals surface area contributed by atoms with E-state index in [0.29, 0.717) is 13.1 Å². The summed E-state index contributed by atoms with van der Waals surface area (Å²) in [6, 6.07) is 18.2. The summed E-state index contributed by atoms with van der Waals surface area (Å²) in [6.45, 7) is 1.09. The fraction of sp³-hybridized carbons (Fsp3) is 0.111. The molecular formula is C18H16N2O2. The van der Waals surface area contributed by atoms with Crippen molar-refractivity contribution in [1.82, 2.24) is 9.13 Å². The van der Waals surface area contributed by atoms with Crippen molar-refractivity contribution in [3.05, 3.63) is 105 Å². The van der Waals surface area contributed by atoms with Gasteiger partial charge in [0.25, 0.3) is 11.1 Å². The first-order chi connectivity index (χ1) is 10.7. The van der Waals surface area contributed by atoms with E-state index in [0.717, 1.165) is 11.1 Å². The molecule has 0 atom stereocenters. The maximum absolute atomic E-state index is 11.7. The van der Waals surface area contributed by atoms with Gasteiger partial charge in [0.1, 0.15) is 0 Å². The molecule has 0 unspecified atom stereocenters. The predicted molar refractivity (Wildman–Crippen MR) is 86.1 cm³/mol. The van der Waals surface area contributed by atoms with Crippen LogP contribution in [0.2, 0.25) is 0 Å². The predicted octanol–water partition coefficient (Wildman–Crippen LogP) is 2.11. The van der Waals surface area contributed by atoms with Crippen LogP contribution in [0.3, 0.4) is 0 Å². The fourth-order valence-electron chi connectivity index (χ4n) is 2.33. The summed E-state index contributed by atoms with van der Waals surface area (Å²) >= 11 is 0. The molecule has 3 aromatic rings. The molecule has 0 spiro atoms. The van der Waals surface area contributed by atoms with E-state index in [4.69, 9.17) is 0 Å². The highest BCUT2D eigenvalue weighted by atomic mass is 16.1. The summed E-state index contributed by atoms with van der Waals surface area (Å²) in [7, 11) is 0. The lowest BCUT2D eigenvalue weighted by Gasteiger charge is -2.08. The standard InChI is InChI=1S/C18H16N2O2/c21-17-5-1-3-11-19(17)13-15-7-9-16(10-8-15)14-20-12-4-2-6-18(20)22/h1-12H,13-14H2. The molecule has 110 valence electrons. The van der Waals surface area contributed by atoms with E-state index in [2.05, 4.69) is 0 Å². The SMILES string of the molecule is O=c1ccccn1Cc1ccc(Cn2ccccc2=O)cc1. The van der Waals surface area contributed by atoms with Gasteiger partial charge in [0.15, 0.2) is 0 Å². The minimum atomic E-state index is -0.0117. The molecule has 0 radical (unpaired) electrons. The Morgan fingerprint density at radius 2 is 1.00 bits per heavy atom. The van der Waals surface area contributed by atoms with Gasteiger partial charge in [-0.05, 0) is 23.3 Å². The Kier molecular flexibility index (Phi) is 4.01. The van der Waals surface area contributed by atoms with Crippen molar-refractivity contribution in [2.45, 2.75) is 13.1 Å². The van der Waals surface area contributed by atoms with E-state index in [9.17, 15) is 9.59 Å². The highest BCUT2D eigenvalue weighted by molar-refractivity contribution is 5.23. The molecule has 0 amide bonds. The van der Waals surface area contributed by atoms with Gasteiger partial charge in [-0.2, -0.15) is 0 Å². The monoisotopic (exact) mass is 292 g/mol. The number of benzene rings is 1. The van der Waals surface area contributed by atoms with Gasteiger partial charge in [0, 0.05) is 24.5 Å². The van der Waals surface area contributed by atoms with Gasteiger partial charge in [-0.1, -0.05) is 36.4 Å². The maximum Gasteiger partial charge on any atom is 0.250 e. The van der Waals surface area contributed by atoms with Crippen molar-refractivity contribution in [3.8, 4) is 0 Å². The Balaban J connectivity index is 1.76. The van der Waals surface area contributed by atoms with Gasteiger partial charge >= 0.3 is 0 Å². The molecule has 4 nitrogen and oxygen atoms in total. The van der Waals surface area contributed by atoms with Crippen molar-refractivity contribution in [2.75, 3.05) is 0 Å². The number of rotatable bonds is 4. The molecule has 3 rings (SSSR count). The van der Waals surface area contributed by atoms with Crippen LogP contribution in [0.5, 0.6) is 0 Å². The zero-order valence-corrected chi connectivity index (χ0v) is 12.1. The average molecular weight is 292 g/mol. The summed E-state index contributed by atoms with van der Waals surface area (Å²) in [5.74, 6) is 0. The minimum Gasteiger partial charge on any atom is -0.311 e. The van der Waals surface area contributed by atoms with Crippen molar-refractivity contribution >= 4 is 0 Å². The third-order valence-electron chi connectivity index (χ3n) is 3.53. The van der Waals surface area contributed by atoms with Crippen molar-refractivity contribution in [3.63, 3.8) is 0 Å². The molecule has 22 heavy (non-hydrogen) atoms. The number of hydrogen-bond acceptors (Lipinski definition) is 2. The van der Waals surface area contributed by atoms with Crippen LogP contribution in [0.1, 0.15) is 11.1 Å². The molecule has 0 N–H and O–H groups in total. The summed E-state index contributed by atoms with van der Waals surface area (Å²) in [4.78, 5) is 23.4.